The summed E-state index contributed by atoms with van der Waals surface area (Å²) in [5.41, 5.74) is 0. The molecule has 82 valence electrons. The molecule has 0 bridgehead atoms. The van der Waals surface area contributed by atoms with Crippen LogP contribution in [0.3, 0.4) is 0 Å². The van der Waals surface area contributed by atoms with Crippen LogP contribution in [0.25, 0.3) is 0 Å². The molecule has 0 atom stereocenters. The first-order chi connectivity index (χ1) is 7.74. The van der Waals surface area contributed by atoms with Gasteiger partial charge >= 0.3 is 6.03 Å². The van der Waals surface area contributed by atoms with E-state index in [1.165, 1.54) is 12.4 Å². The van der Waals surface area contributed by atoms with Gasteiger partial charge < -0.3 is 4.42 Å². The van der Waals surface area contributed by atoms with Gasteiger partial charge in [0.25, 0.3) is 0 Å². The van der Waals surface area contributed by atoms with Gasteiger partial charge in [-0.1, -0.05) is 0 Å². The Morgan fingerprint density at radius 3 is 2.62 bits per heavy atom. The van der Waals surface area contributed by atoms with E-state index in [2.05, 4.69) is 36.5 Å². The summed E-state index contributed by atoms with van der Waals surface area (Å²) in [5, 5.41) is 4.94. The van der Waals surface area contributed by atoms with Crippen LogP contribution >= 0.6 is 15.9 Å². The zero-order valence-corrected chi connectivity index (χ0v) is 9.56. The number of nitrogens with one attached hydrogen (secondary N) is 2. The molecule has 0 spiro atoms. The number of hydrogen-bond donors (Lipinski definition) is 2. The Bertz CT molecular complexity index is 485. The molecule has 16 heavy (non-hydrogen) atoms. The fourth-order valence-electron chi connectivity index (χ4n) is 0.990. The summed E-state index contributed by atoms with van der Waals surface area (Å²) < 4.78 is 5.64. The van der Waals surface area contributed by atoms with Crippen molar-refractivity contribution < 1.29 is 9.21 Å². The lowest BCUT2D eigenvalue weighted by atomic mass is 10.6. The quantitative estimate of drug-likeness (QED) is 0.887. The maximum atomic E-state index is 11.4. The average molecular weight is 283 g/mol. The van der Waals surface area contributed by atoms with E-state index in [1.54, 1.807) is 18.2 Å². The number of rotatable bonds is 2. The Labute approximate surface area is 99.2 Å². The first-order valence-electron chi connectivity index (χ1n) is 4.34. The molecule has 0 aromatic carbocycles. The van der Waals surface area contributed by atoms with Crippen LogP contribution in [0, 0.1) is 0 Å². The van der Waals surface area contributed by atoms with E-state index in [0.29, 0.717) is 10.6 Å². The zero-order valence-electron chi connectivity index (χ0n) is 7.98. The lowest BCUT2D eigenvalue weighted by molar-refractivity contribution is 0.261. The predicted molar refractivity (Wildman–Crippen MR) is 61.1 cm³/mol. The van der Waals surface area contributed by atoms with Crippen LogP contribution in [0.1, 0.15) is 0 Å². The minimum atomic E-state index is -0.465. The normalized spacial score (nSPS) is 9.81. The minimum Gasteiger partial charge on any atom is -0.434 e. The van der Waals surface area contributed by atoms with E-state index >= 15 is 0 Å². The first kappa shape index (κ1) is 10.6. The number of anilines is 2. The second-order valence-electron chi connectivity index (χ2n) is 2.76. The molecule has 0 saturated carbocycles. The maximum Gasteiger partial charge on any atom is 0.328 e. The molecular weight excluding hydrogens is 276 g/mol. The van der Waals surface area contributed by atoms with Crippen molar-refractivity contribution in [1.29, 1.82) is 0 Å². The summed E-state index contributed by atoms with van der Waals surface area (Å²) in [6.07, 6.45) is 3.07. The van der Waals surface area contributed by atoms with Gasteiger partial charge in [-0.3, -0.25) is 10.6 Å². The molecule has 2 rings (SSSR count). The van der Waals surface area contributed by atoms with Crippen molar-refractivity contribution in [3.05, 3.63) is 35.3 Å². The van der Waals surface area contributed by atoms with Gasteiger partial charge in [0.05, 0.1) is 0 Å². The Hall–Kier alpha value is -1.89. The van der Waals surface area contributed by atoms with E-state index in [0.717, 1.165) is 0 Å². The molecule has 0 aliphatic carbocycles. The Morgan fingerprint density at radius 2 is 2.00 bits per heavy atom. The first-order valence-corrected chi connectivity index (χ1v) is 5.14. The summed E-state index contributed by atoms with van der Waals surface area (Å²) in [7, 11) is 0. The van der Waals surface area contributed by atoms with Crippen molar-refractivity contribution in [1.82, 2.24) is 9.97 Å². The summed E-state index contributed by atoms with van der Waals surface area (Å²) in [6, 6.07) is 4.49. The van der Waals surface area contributed by atoms with E-state index < -0.39 is 6.03 Å². The number of nitrogens with zero attached hydrogens (tertiary/aromatic N) is 2. The average Bonchev–Trinajstić information content (AvgIpc) is 2.65. The smallest absolute Gasteiger partial charge is 0.328 e. The van der Waals surface area contributed by atoms with E-state index in [4.69, 9.17) is 4.42 Å². The van der Waals surface area contributed by atoms with Crippen molar-refractivity contribution in [3.63, 3.8) is 0 Å². The minimum absolute atomic E-state index is 0.227. The Kier molecular flexibility index (Phi) is 3.16. The lowest BCUT2D eigenvalue weighted by Gasteiger charge is -2.02. The molecule has 7 heteroatoms. The van der Waals surface area contributed by atoms with Crippen molar-refractivity contribution in [2.45, 2.75) is 0 Å². The molecule has 2 N–H and O–H groups in total. The van der Waals surface area contributed by atoms with Gasteiger partial charge in [0.15, 0.2) is 4.67 Å². The highest BCUT2D eigenvalue weighted by Crippen LogP contribution is 2.18. The van der Waals surface area contributed by atoms with Crippen LogP contribution in [-0.4, -0.2) is 16.0 Å². The Morgan fingerprint density at radius 1 is 1.25 bits per heavy atom. The van der Waals surface area contributed by atoms with Gasteiger partial charge in [-0.2, -0.15) is 0 Å². The maximum absolute atomic E-state index is 11.4. The molecular formula is C9H7BrN4O2. The topological polar surface area (TPSA) is 80.0 Å². The molecule has 2 aromatic heterocycles. The number of carbonyl (C=O) groups is 1. The lowest BCUT2D eigenvalue weighted by Crippen LogP contribution is -2.20. The van der Waals surface area contributed by atoms with Crippen molar-refractivity contribution in [2.75, 3.05) is 10.6 Å². The molecule has 0 fully saturated rings. The van der Waals surface area contributed by atoms with Gasteiger partial charge in [-0.05, 0) is 28.1 Å². The zero-order chi connectivity index (χ0) is 11.4. The second kappa shape index (κ2) is 4.75. The number of amides is 2. The summed E-state index contributed by atoms with van der Waals surface area (Å²) >= 11 is 3.13. The third-order valence-electron chi connectivity index (χ3n) is 1.60. The van der Waals surface area contributed by atoms with Crippen LogP contribution in [0.15, 0.2) is 39.7 Å². The van der Waals surface area contributed by atoms with Crippen molar-refractivity contribution >= 4 is 33.8 Å². The third-order valence-corrected chi connectivity index (χ3v) is 2.03. The van der Waals surface area contributed by atoms with Crippen LogP contribution in [0.2, 0.25) is 0 Å². The number of urea groups is 1. The van der Waals surface area contributed by atoms with Crippen LogP contribution in [0.5, 0.6) is 0 Å². The van der Waals surface area contributed by atoms with Gasteiger partial charge in [0.1, 0.15) is 0 Å². The molecule has 0 radical (unpaired) electrons. The number of hydrogen-bond acceptors (Lipinski definition) is 4. The van der Waals surface area contributed by atoms with Crippen LogP contribution < -0.4 is 10.6 Å². The van der Waals surface area contributed by atoms with Gasteiger partial charge in [0.2, 0.25) is 11.8 Å². The van der Waals surface area contributed by atoms with E-state index in [-0.39, 0.29) is 5.95 Å². The highest BCUT2D eigenvalue weighted by atomic mass is 79.9. The summed E-state index contributed by atoms with van der Waals surface area (Å²) in [4.78, 5) is 19.1. The molecule has 0 unspecified atom stereocenters. The fourth-order valence-corrected chi connectivity index (χ4v) is 1.30. The third kappa shape index (κ3) is 2.80. The van der Waals surface area contributed by atoms with Crippen molar-refractivity contribution in [3.8, 4) is 0 Å². The highest BCUT2D eigenvalue weighted by Gasteiger charge is 2.06. The fraction of sp³-hybridized carbons (Fsp3) is 0. The summed E-state index contributed by atoms with van der Waals surface area (Å²) in [6.45, 7) is 0. The Balaban J connectivity index is 1.95. The van der Waals surface area contributed by atoms with Crippen molar-refractivity contribution in [2.24, 2.45) is 0 Å². The molecule has 2 aromatic rings. The molecule has 0 saturated heterocycles. The van der Waals surface area contributed by atoms with Crippen LogP contribution in [0.4, 0.5) is 16.6 Å². The molecule has 2 amide bonds. The van der Waals surface area contributed by atoms with Gasteiger partial charge in [-0.15, -0.1) is 0 Å². The van der Waals surface area contributed by atoms with E-state index in [1.807, 2.05) is 0 Å². The number of aromatic nitrogens is 2. The van der Waals surface area contributed by atoms with E-state index in [9.17, 15) is 4.79 Å². The van der Waals surface area contributed by atoms with Gasteiger partial charge in [-0.25, -0.2) is 14.8 Å². The number of carbonyl (C=O) groups excluding carboxylic acids is 1. The monoisotopic (exact) mass is 282 g/mol. The highest BCUT2D eigenvalue weighted by molar-refractivity contribution is 9.10. The predicted octanol–water partition coefficient (Wildman–Crippen LogP) is 2.48. The standard InChI is InChI=1S/C9H7BrN4O2/c10-6-2-3-7(16-6)13-9(15)14-8-11-4-1-5-12-8/h1-5H,(H2,11,12,13,14,15). The second-order valence-corrected chi connectivity index (χ2v) is 3.54. The molecule has 0 aliphatic heterocycles. The summed E-state index contributed by atoms with van der Waals surface area (Å²) in [5.74, 6) is 0.561. The number of furan rings is 1. The number of halogens is 1. The largest absolute Gasteiger partial charge is 0.434 e. The van der Waals surface area contributed by atoms with Gasteiger partial charge in [0, 0.05) is 18.5 Å². The SMILES string of the molecule is O=C(Nc1ncccn1)Nc1ccc(Br)o1. The molecule has 6 nitrogen and oxygen atoms in total. The molecule has 2 heterocycles. The van der Waals surface area contributed by atoms with Crippen LogP contribution in [-0.2, 0) is 0 Å². The molecule has 0 aliphatic rings.